The highest BCUT2D eigenvalue weighted by molar-refractivity contribution is 6.12. The molecule has 14 nitrogen and oxygen atoms in total. The number of rotatable bonds is 11. The number of carbonyl (C=O) groups is 6. The average molecular weight is 641 g/mol. The monoisotopic (exact) mass is 640 g/mol. The van der Waals surface area contributed by atoms with Crippen molar-refractivity contribution in [2.45, 2.75) is 53.4 Å². The fourth-order valence-electron chi connectivity index (χ4n) is 6.33. The fraction of sp³-hybridized carbons (Fsp3) is 0.438. The van der Waals surface area contributed by atoms with E-state index in [1.54, 1.807) is 27.7 Å². The molecule has 0 aliphatic heterocycles. The Hall–Kier alpha value is -5.14. The lowest BCUT2D eigenvalue weighted by Crippen LogP contribution is -2.43. The van der Waals surface area contributed by atoms with Crippen LogP contribution in [-0.2, 0) is 63.8 Å². The zero-order valence-electron chi connectivity index (χ0n) is 25.9. The minimum absolute atomic E-state index is 0.0240. The van der Waals surface area contributed by atoms with Crippen LogP contribution in [0.4, 0.5) is 5.69 Å². The molecule has 0 atom stereocenters. The summed E-state index contributed by atoms with van der Waals surface area (Å²) in [6.45, 7) is 5.90. The highest BCUT2D eigenvalue weighted by Gasteiger charge is 2.59. The normalized spacial score (nSPS) is 15.2. The van der Waals surface area contributed by atoms with E-state index in [0.717, 1.165) is 6.07 Å². The van der Waals surface area contributed by atoms with Gasteiger partial charge in [0.2, 0.25) is 5.91 Å². The van der Waals surface area contributed by atoms with Gasteiger partial charge in [0.25, 0.3) is 5.91 Å². The number of hydrogen-bond donors (Lipinski definition) is 4. The van der Waals surface area contributed by atoms with Crippen molar-refractivity contribution in [3.63, 3.8) is 0 Å². The summed E-state index contributed by atoms with van der Waals surface area (Å²) in [6.07, 6.45) is -1.73. The van der Waals surface area contributed by atoms with Crippen LogP contribution in [0.25, 0.3) is 0 Å². The maximum atomic E-state index is 14.2. The van der Waals surface area contributed by atoms with E-state index in [1.165, 1.54) is 12.1 Å². The summed E-state index contributed by atoms with van der Waals surface area (Å²) in [5.74, 6) is -6.28. The molecule has 2 aromatic carbocycles. The largest absolute Gasteiger partial charge is 0.508 e. The molecule has 5 N–H and O–H groups in total. The van der Waals surface area contributed by atoms with Crippen molar-refractivity contribution in [3.8, 4) is 11.5 Å². The van der Waals surface area contributed by atoms with Gasteiger partial charge in [0.1, 0.15) is 11.5 Å². The molecule has 2 aromatic rings. The number of hydrogen-bond acceptors (Lipinski definition) is 12. The number of phenols is 2. The van der Waals surface area contributed by atoms with E-state index >= 15 is 0 Å². The maximum Gasteiger partial charge on any atom is 0.324 e. The van der Waals surface area contributed by atoms with Crippen LogP contribution in [0.3, 0.4) is 0 Å². The molecule has 0 heterocycles. The van der Waals surface area contributed by atoms with E-state index in [9.17, 15) is 39.0 Å². The molecule has 0 aromatic heterocycles. The van der Waals surface area contributed by atoms with Crippen molar-refractivity contribution >= 4 is 41.4 Å². The lowest BCUT2D eigenvalue weighted by Gasteiger charge is -2.25. The number of primary amides is 1. The van der Waals surface area contributed by atoms with Gasteiger partial charge in [-0.1, -0.05) is 0 Å². The maximum absolute atomic E-state index is 14.2. The number of aromatic hydroxyl groups is 2. The van der Waals surface area contributed by atoms with Crippen LogP contribution in [0, 0.1) is 10.8 Å². The Kier molecular flexibility index (Phi) is 9.59. The van der Waals surface area contributed by atoms with Crippen LogP contribution < -0.4 is 11.1 Å². The Morgan fingerprint density at radius 2 is 0.957 bits per heavy atom. The Morgan fingerprint density at radius 1 is 0.630 bits per heavy atom. The molecule has 0 bridgehead atoms. The van der Waals surface area contributed by atoms with E-state index in [1.807, 2.05) is 0 Å². The molecular weight excluding hydrogens is 604 g/mol. The molecule has 46 heavy (non-hydrogen) atoms. The number of ether oxygens (including phenoxy) is 4. The topological polar surface area (TPSA) is 218 Å². The van der Waals surface area contributed by atoms with E-state index in [4.69, 9.17) is 24.7 Å². The number of nitrogens with two attached hydrogens (primary N) is 1. The van der Waals surface area contributed by atoms with Crippen molar-refractivity contribution in [2.75, 3.05) is 31.7 Å². The number of nitrogens with one attached hydrogen (secondary N) is 1. The van der Waals surface area contributed by atoms with Gasteiger partial charge < -0.3 is 40.2 Å². The molecule has 2 amide bonds. The van der Waals surface area contributed by atoms with Gasteiger partial charge in [-0.05, 0) is 49.9 Å². The van der Waals surface area contributed by atoms with Crippen molar-refractivity contribution < 1.29 is 57.9 Å². The molecule has 246 valence electrons. The third kappa shape index (κ3) is 5.70. The van der Waals surface area contributed by atoms with Crippen LogP contribution in [0.1, 0.15) is 70.7 Å². The Morgan fingerprint density at radius 3 is 1.26 bits per heavy atom. The molecule has 0 fully saturated rings. The molecule has 14 heteroatoms. The first-order chi connectivity index (χ1) is 21.8. The summed E-state index contributed by atoms with van der Waals surface area (Å²) >= 11 is 0. The second-order valence-electron chi connectivity index (χ2n) is 11.0. The third-order valence-electron chi connectivity index (χ3n) is 8.15. The van der Waals surface area contributed by atoms with Crippen molar-refractivity contribution in [3.05, 3.63) is 51.6 Å². The number of esters is 4. The lowest BCUT2D eigenvalue weighted by molar-refractivity contribution is -0.172. The Bertz CT molecular complexity index is 1500. The molecular formula is C32H36N2O12. The van der Waals surface area contributed by atoms with Gasteiger partial charge in [-0.2, -0.15) is 0 Å². The van der Waals surface area contributed by atoms with Gasteiger partial charge in [-0.3, -0.25) is 28.8 Å². The minimum atomic E-state index is -1.98. The predicted molar refractivity (Wildman–Crippen MR) is 159 cm³/mol. The minimum Gasteiger partial charge on any atom is -0.508 e. The molecule has 2 aliphatic rings. The summed E-state index contributed by atoms with van der Waals surface area (Å²) in [5, 5.41) is 22.6. The molecule has 2 aliphatic carbocycles. The highest BCUT2D eigenvalue weighted by Crippen LogP contribution is 2.50. The van der Waals surface area contributed by atoms with Crippen LogP contribution in [0.5, 0.6) is 11.5 Å². The van der Waals surface area contributed by atoms with Gasteiger partial charge in [-0.25, -0.2) is 0 Å². The van der Waals surface area contributed by atoms with Gasteiger partial charge in [0.15, 0.2) is 10.8 Å². The van der Waals surface area contributed by atoms with Crippen LogP contribution >= 0.6 is 0 Å². The second kappa shape index (κ2) is 13.1. The van der Waals surface area contributed by atoms with Gasteiger partial charge in [0.05, 0.1) is 26.4 Å². The number of amides is 2. The first-order valence-electron chi connectivity index (χ1n) is 14.8. The summed E-state index contributed by atoms with van der Waals surface area (Å²) in [6, 6.07) is 3.38. The Balaban J connectivity index is 2.03. The van der Waals surface area contributed by atoms with E-state index in [-0.39, 0.29) is 77.0 Å². The molecule has 0 saturated carbocycles. The number of carbonyl (C=O) groups excluding carboxylic acids is 6. The smallest absolute Gasteiger partial charge is 0.324 e. The zero-order valence-corrected chi connectivity index (χ0v) is 25.9. The van der Waals surface area contributed by atoms with Gasteiger partial charge in [0, 0.05) is 60.7 Å². The van der Waals surface area contributed by atoms with E-state index in [2.05, 4.69) is 5.32 Å². The SMILES string of the molecule is CCOC(=O)C1(C(=O)OCC)Cc2c(c(C(=O)Nc3cc(O)cc(O)c3)c3c(c2C(N)=O)CC(C(=O)OCC)(C(=O)OCC)C3)C1. The van der Waals surface area contributed by atoms with Gasteiger partial charge >= 0.3 is 23.9 Å². The number of anilines is 1. The predicted octanol–water partition coefficient (Wildman–Crippen LogP) is 1.87. The van der Waals surface area contributed by atoms with Crippen LogP contribution in [0.2, 0.25) is 0 Å². The summed E-state index contributed by atoms with van der Waals surface area (Å²) in [4.78, 5) is 81.1. The standard InChI is InChI=1S/C32H36N2O12/c1-5-43-27(39)31(28(40)44-6-2)12-19-21(14-31)24(26(38)34-16-9-17(35)11-18(36)10-16)22-15-32(29(41)45-7-3,30(42)46-8-4)13-20(22)23(19)25(33)37/h9-11,35-36H,5-8,12-15H2,1-4H3,(H2,33,37)(H,34,38). The van der Waals surface area contributed by atoms with Crippen molar-refractivity contribution in [2.24, 2.45) is 16.6 Å². The number of benzene rings is 2. The average Bonchev–Trinajstić information content (AvgIpc) is 3.56. The third-order valence-corrected chi connectivity index (χ3v) is 8.15. The van der Waals surface area contributed by atoms with E-state index < -0.39 is 72.2 Å². The van der Waals surface area contributed by atoms with Crippen LogP contribution in [-0.4, -0.2) is 72.3 Å². The zero-order chi connectivity index (χ0) is 34.0. The van der Waals surface area contributed by atoms with Crippen LogP contribution in [0.15, 0.2) is 18.2 Å². The number of phenolic OH excluding ortho intramolecular Hbond substituents is 2. The number of fused-ring (bicyclic) bond motifs is 2. The second-order valence-corrected chi connectivity index (χ2v) is 11.0. The molecule has 0 saturated heterocycles. The summed E-state index contributed by atoms with van der Waals surface area (Å²) in [5.41, 5.74) is 1.96. The molecule has 0 radical (unpaired) electrons. The summed E-state index contributed by atoms with van der Waals surface area (Å²) in [7, 11) is 0. The summed E-state index contributed by atoms with van der Waals surface area (Å²) < 4.78 is 21.1. The fourth-order valence-corrected chi connectivity index (χ4v) is 6.33. The molecule has 4 rings (SSSR count). The first-order valence-corrected chi connectivity index (χ1v) is 14.8. The van der Waals surface area contributed by atoms with E-state index in [0.29, 0.717) is 0 Å². The highest BCUT2D eigenvalue weighted by atomic mass is 16.6. The van der Waals surface area contributed by atoms with Crippen molar-refractivity contribution in [1.29, 1.82) is 0 Å². The Labute approximate surface area is 264 Å². The quantitative estimate of drug-likeness (QED) is 0.157. The first kappa shape index (κ1) is 33.7. The molecule has 0 unspecified atom stereocenters. The lowest BCUT2D eigenvalue weighted by atomic mass is 9.82. The van der Waals surface area contributed by atoms with Gasteiger partial charge in [-0.15, -0.1) is 0 Å². The van der Waals surface area contributed by atoms with Crippen molar-refractivity contribution in [1.82, 2.24) is 0 Å². The molecule has 0 spiro atoms.